The molecule has 0 aliphatic heterocycles. The maximum Gasteiger partial charge on any atom is 0.335 e. The van der Waals surface area contributed by atoms with E-state index in [0.717, 1.165) is 16.5 Å². The van der Waals surface area contributed by atoms with Crippen molar-refractivity contribution in [1.29, 1.82) is 0 Å². The number of para-hydroxylation sites is 1. The molecule has 0 radical (unpaired) electrons. The van der Waals surface area contributed by atoms with Crippen molar-refractivity contribution >= 4 is 32.8 Å². The molecule has 0 aliphatic rings. The zero-order valence-corrected chi connectivity index (χ0v) is 13.1. The highest BCUT2D eigenvalue weighted by molar-refractivity contribution is 9.10. The Bertz CT molecular complexity index is 843. The number of hydrogen-bond donors (Lipinski definition) is 1. The molecule has 0 bridgehead atoms. The Balaban J connectivity index is 1.84. The van der Waals surface area contributed by atoms with Crippen LogP contribution in [0.25, 0.3) is 10.9 Å². The van der Waals surface area contributed by atoms with E-state index in [4.69, 9.17) is 9.84 Å². The Morgan fingerprint density at radius 1 is 1.18 bits per heavy atom. The van der Waals surface area contributed by atoms with Crippen LogP contribution in [0, 0.1) is 0 Å². The molecule has 5 heteroatoms. The summed E-state index contributed by atoms with van der Waals surface area (Å²) in [5.41, 5.74) is 2.10. The normalized spacial score (nSPS) is 10.6. The highest BCUT2D eigenvalue weighted by Crippen LogP contribution is 2.27. The number of carbonyl (C=O) groups is 1. The van der Waals surface area contributed by atoms with Crippen molar-refractivity contribution in [1.82, 2.24) is 4.98 Å². The number of aromatic nitrogens is 1. The van der Waals surface area contributed by atoms with Gasteiger partial charge in [-0.25, -0.2) is 4.79 Å². The van der Waals surface area contributed by atoms with E-state index in [2.05, 4.69) is 20.9 Å². The lowest BCUT2D eigenvalue weighted by Gasteiger charge is -2.10. The first kappa shape index (κ1) is 14.5. The summed E-state index contributed by atoms with van der Waals surface area (Å²) in [6, 6.07) is 14.5. The van der Waals surface area contributed by atoms with Gasteiger partial charge < -0.3 is 9.84 Å². The van der Waals surface area contributed by atoms with Gasteiger partial charge in [-0.15, -0.1) is 0 Å². The van der Waals surface area contributed by atoms with Crippen LogP contribution in [-0.2, 0) is 6.61 Å². The second-order valence-corrected chi connectivity index (χ2v) is 5.59. The number of ether oxygens (including phenoxy) is 1. The summed E-state index contributed by atoms with van der Waals surface area (Å²) in [5, 5.41) is 10.0. The first-order valence-corrected chi connectivity index (χ1v) is 7.43. The number of fused-ring (bicyclic) bond motifs is 1. The van der Waals surface area contributed by atoms with E-state index in [9.17, 15) is 4.79 Å². The molecule has 22 heavy (non-hydrogen) atoms. The number of hydrogen-bond acceptors (Lipinski definition) is 3. The van der Waals surface area contributed by atoms with Crippen molar-refractivity contribution in [3.8, 4) is 5.75 Å². The van der Waals surface area contributed by atoms with Gasteiger partial charge in [0.25, 0.3) is 0 Å². The molecule has 1 N–H and O–H groups in total. The Hall–Kier alpha value is -2.40. The Labute approximate surface area is 135 Å². The van der Waals surface area contributed by atoms with Gasteiger partial charge in [0.15, 0.2) is 0 Å². The summed E-state index contributed by atoms with van der Waals surface area (Å²) in [4.78, 5) is 15.3. The Morgan fingerprint density at radius 2 is 2.00 bits per heavy atom. The van der Waals surface area contributed by atoms with Gasteiger partial charge in [-0.1, -0.05) is 24.3 Å². The molecule has 0 aliphatic carbocycles. The van der Waals surface area contributed by atoms with Crippen LogP contribution in [-0.4, -0.2) is 16.1 Å². The highest BCUT2D eigenvalue weighted by Gasteiger charge is 2.09. The van der Waals surface area contributed by atoms with Gasteiger partial charge in [-0.3, -0.25) is 4.98 Å². The van der Waals surface area contributed by atoms with Crippen LogP contribution in [0.3, 0.4) is 0 Å². The van der Waals surface area contributed by atoms with Crippen LogP contribution in [0.4, 0.5) is 0 Å². The van der Waals surface area contributed by atoms with Gasteiger partial charge >= 0.3 is 5.97 Å². The van der Waals surface area contributed by atoms with E-state index in [0.29, 0.717) is 16.8 Å². The van der Waals surface area contributed by atoms with Crippen LogP contribution in [0.1, 0.15) is 15.9 Å². The van der Waals surface area contributed by atoms with Gasteiger partial charge in [-0.2, -0.15) is 0 Å². The van der Waals surface area contributed by atoms with Gasteiger partial charge in [0.1, 0.15) is 12.4 Å². The third-order valence-electron chi connectivity index (χ3n) is 3.28. The number of rotatable bonds is 4. The molecule has 3 rings (SSSR count). The smallest absolute Gasteiger partial charge is 0.335 e. The lowest BCUT2D eigenvalue weighted by molar-refractivity contribution is 0.0696. The number of halogens is 1. The summed E-state index contributed by atoms with van der Waals surface area (Å²) >= 11 is 3.33. The highest BCUT2D eigenvalue weighted by atomic mass is 79.9. The van der Waals surface area contributed by atoms with Gasteiger partial charge in [0, 0.05) is 17.1 Å². The van der Waals surface area contributed by atoms with Crippen molar-refractivity contribution in [2.45, 2.75) is 6.61 Å². The quantitative estimate of drug-likeness (QED) is 0.757. The van der Waals surface area contributed by atoms with Gasteiger partial charge in [0.05, 0.1) is 15.6 Å². The molecule has 0 amide bonds. The molecule has 0 fully saturated rings. The summed E-state index contributed by atoms with van der Waals surface area (Å²) < 4.78 is 6.40. The Morgan fingerprint density at radius 3 is 2.77 bits per heavy atom. The fourth-order valence-corrected chi connectivity index (χ4v) is 2.68. The van der Waals surface area contributed by atoms with Crippen LogP contribution in [0.2, 0.25) is 0 Å². The third-order valence-corrected chi connectivity index (χ3v) is 3.90. The van der Waals surface area contributed by atoms with Crippen molar-refractivity contribution in [2.24, 2.45) is 0 Å². The molecule has 0 spiro atoms. The molecule has 3 aromatic rings. The predicted octanol–water partition coefficient (Wildman–Crippen LogP) is 4.27. The molecule has 4 nitrogen and oxygen atoms in total. The average Bonchev–Trinajstić information content (AvgIpc) is 2.53. The summed E-state index contributed by atoms with van der Waals surface area (Å²) in [6.07, 6.45) is 1.75. The van der Waals surface area contributed by atoms with E-state index >= 15 is 0 Å². The average molecular weight is 358 g/mol. The van der Waals surface area contributed by atoms with Crippen LogP contribution < -0.4 is 4.74 Å². The standard InChI is InChI=1S/C17H12BrNO3/c18-14-9-12(17(20)21)6-7-15(14)22-10-13-4-1-3-11-5-2-8-19-16(11)13/h1-9H,10H2,(H,20,21). The lowest BCUT2D eigenvalue weighted by atomic mass is 10.1. The Kier molecular flexibility index (Phi) is 4.06. The topological polar surface area (TPSA) is 59.4 Å². The number of nitrogens with zero attached hydrogens (tertiary/aromatic N) is 1. The minimum Gasteiger partial charge on any atom is -0.488 e. The van der Waals surface area contributed by atoms with E-state index in [-0.39, 0.29) is 5.56 Å². The molecule has 0 saturated heterocycles. The SMILES string of the molecule is O=C(O)c1ccc(OCc2cccc3cccnc23)c(Br)c1. The second kappa shape index (κ2) is 6.15. The van der Waals surface area contributed by atoms with Crippen LogP contribution in [0.15, 0.2) is 59.2 Å². The molecule has 2 aromatic carbocycles. The molecular weight excluding hydrogens is 346 g/mol. The first-order chi connectivity index (χ1) is 10.6. The largest absolute Gasteiger partial charge is 0.488 e. The number of benzene rings is 2. The summed E-state index contributed by atoms with van der Waals surface area (Å²) in [6.45, 7) is 0.360. The number of carboxylic acid groups (broad SMARTS) is 1. The molecule has 1 aromatic heterocycles. The zero-order valence-electron chi connectivity index (χ0n) is 11.5. The monoisotopic (exact) mass is 357 g/mol. The molecule has 0 saturated carbocycles. The van der Waals surface area contributed by atoms with Crippen LogP contribution in [0.5, 0.6) is 5.75 Å². The molecule has 110 valence electrons. The van der Waals surface area contributed by atoms with Gasteiger partial charge in [-0.05, 0) is 40.2 Å². The van der Waals surface area contributed by atoms with E-state index in [1.165, 1.54) is 12.1 Å². The minimum absolute atomic E-state index is 0.214. The van der Waals surface area contributed by atoms with Gasteiger partial charge in [0.2, 0.25) is 0 Å². The third kappa shape index (κ3) is 2.94. The van der Waals surface area contributed by atoms with Crippen LogP contribution >= 0.6 is 15.9 Å². The molecular formula is C17H12BrNO3. The lowest BCUT2D eigenvalue weighted by Crippen LogP contribution is -2.00. The molecule has 0 unspecified atom stereocenters. The first-order valence-electron chi connectivity index (χ1n) is 6.63. The number of pyridine rings is 1. The maximum atomic E-state index is 10.9. The fourth-order valence-electron chi connectivity index (χ4n) is 2.19. The predicted molar refractivity (Wildman–Crippen MR) is 87.2 cm³/mol. The van der Waals surface area contributed by atoms with Crippen molar-refractivity contribution in [3.05, 3.63) is 70.3 Å². The zero-order chi connectivity index (χ0) is 15.5. The number of carboxylic acids is 1. The fraction of sp³-hybridized carbons (Fsp3) is 0.0588. The summed E-state index contributed by atoms with van der Waals surface area (Å²) in [5.74, 6) is -0.372. The maximum absolute atomic E-state index is 10.9. The second-order valence-electron chi connectivity index (χ2n) is 4.73. The molecule has 0 atom stereocenters. The van der Waals surface area contributed by atoms with E-state index < -0.39 is 5.97 Å². The van der Waals surface area contributed by atoms with E-state index in [1.807, 2.05) is 30.3 Å². The minimum atomic E-state index is -0.967. The summed E-state index contributed by atoms with van der Waals surface area (Å²) in [7, 11) is 0. The van der Waals surface area contributed by atoms with Crippen molar-refractivity contribution in [2.75, 3.05) is 0 Å². The molecule has 1 heterocycles. The number of aromatic carboxylic acids is 1. The van der Waals surface area contributed by atoms with E-state index in [1.54, 1.807) is 12.3 Å². The van der Waals surface area contributed by atoms with Crippen molar-refractivity contribution in [3.63, 3.8) is 0 Å². The van der Waals surface area contributed by atoms with Crippen molar-refractivity contribution < 1.29 is 14.6 Å².